The minimum Gasteiger partial charge on any atom is -0.506 e. The van der Waals surface area contributed by atoms with E-state index in [9.17, 15) is 13.9 Å². The number of ether oxygens (including phenoxy) is 2. The van der Waals surface area contributed by atoms with Crippen LogP contribution in [-0.2, 0) is 10.3 Å². The van der Waals surface area contributed by atoms with Gasteiger partial charge in [-0.25, -0.2) is 14.4 Å². The summed E-state index contributed by atoms with van der Waals surface area (Å²) in [5.74, 6) is -1.59. The highest BCUT2D eigenvalue weighted by Crippen LogP contribution is 2.55. The first-order valence-electron chi connectivity index (χ1n) is 8.41. The molecule has 140 valence electrons. The fourth-order valence-electron chi connectivity index (χ4n) is 3.71. The van der Waals surface area contributed by atoms with E-state index in [2.05, 4.69) is 9.98 Å². The lowest BCUT2D eigenvalue weighted by Gasteiger charge is -2.35. The number of anilines is 1. The van der Waals surface area contributed by atoms with Crippen molar-refractivity contribution in [2.75, 3.05) is 12.3 Å². The maximum absolute atomic E-state index is 14.5. The molecule has 2 aromatic carbocycles. The first-order valence-corrected chi connectivity index (χ1v) is 8.41. The highest BCUT2D eigenvalue weighted by atomic mass is 19.1. The van der Waals surface area contributed by atoms with Crippen LogP contribution in [0.4, 0.5) is 14.5 Å². The molecule has 3 heterocycles. The molecule has 0 aliphatic carbocycles. The minimum absolute atomic E-state index is 0.0302. The van der Waals surface area contributed by atoms with Gasteiger partial charge in [-0.15, -0.1) is 0 Å². The lowest BCUT2D eigenvalue weighted by molar-refractivity contribution is 0.270. The van der Waals surface area contributed by atoms with Crippen LogP contribution in [0.1, 0.15) is 11.1 Å². The van der Waals surface area contributed by atoms with Gasteiger partial charge in [-0.1, -0.05) is 6.07 Å². The van der Waals surface area contributed by atoms with Crippen molar-refractivity contribution in [3.8, 4) is 28.4 Å². The normalized spacial score (nSPS) is 19.1. The molecule has 0 radical (unpaired) electrons. The van der Waals surface area contributed by atoms with E-state index >= 15 is 0 Å². The smallest absolute Gasteiger partial charge is 0.220 e. The average Bonchev–Trinajstić information content (AvgIpc) is 3.16. The summed E-state index contributed by atoms with van der Waals surface area (Å²) >= 11 is 0. The fraction of sp³-hybridized carbons (Fsp3) is 0.100. The molecule has 2 aliphatic heterocycles. The Hall–Kier alpha value is -3.68. The van der Waals surface area contributed by atoms with Gasteiger partial charge in [-0.2, -0.15) is 4.39 Å². The van der Waals surface area contributed by atoms with Gasteiger partial charge in [0, 0.05) is 23.4 Å². The second-order valence-corrected chi connectivity index (χ2v) is 6.56. The van der Waals surface area contributed by atoms with Crippen LogP contribution in [0.25, 0.3) is 11.1 Å². The number of nitrogens with zero attached hydrogens (tertiary/aromatic N) is 2. The molecule has 5 rings (SSSR count). The highest BCUT2D eigenvalue weighted by Gasteiger charge is 2.48. The zero-order valence-electron chi connectivity index (χ0n) is 14.3. The van der Waals surface area contributed by atoms with Gasteiger partial charge in [-0.3, -0.25) is 0 Å². The van der Waals surface area contributed by atoms with Crippen molar-refractivity contribution in [1.29, 1.82) is 0 Å². The second-order valence-electron chi connectivity index (χ2n) is 6.56. The Morgan fingerprint density at radius 1 is 1.18 bits per heavy atom. The van der Waals surface area contributed by atoms with Crippen LogP contribution in [-0.4, -0.2) is 23.1 Å². The van der Waals surface area contributed by atoms with E-state index in [4.69, 9.17) is 15.2 Å². The number of aromatic nitrogens is 1. The standard InChI is InChI=1S/C20H13F2N3O3/c21-13-7-14(26)17(23)16-18(13)28-15-4-3-10(11-2-1-5-24-19(11)22)6-12(15)20(16)8-27-9-25-20/h1-7,9,26H,8,23H2. The summed E-state index contributed by atoms with van der Waals surface area (Å²) in [6.07, 6.45) is 2.61. The van der Waals surface area contributed by atoms with Crippen molar-refractivity contribution in [2.45, 2.75) is 5.54 Å². The van der Waals surface area contributed by atoms with Crippen LogP contribution in [0.2, 0.25) is 0 Å². The van der Waals surface area contributed by atoms with Crippen molar-refractivity contribution in [3.63, 3.8) is 0 Å². The number of benzene rings is 2. The van der Waals surface area contributed by atoms with E-state index in [0.717, 1.165) is 6.07 Å². The van der Waals surface area contributed by atoms with E-state index < -0.39 is 23.1 Å². The summed E-state index contributed by atoms with van der Waals surface area (Å²) in [4.78, 5) is 8.09. The first-order chi connectivity index (χ1) is 13.5. The lowest BCUT2D eigenvalue weighted by atomic mass is 9.79. The summed E-state index contributed by atoms with van der Waals surface area (Å²) in [7, 11) is 0. The highest BCUT2D eigenvalue weighted by molar-refractivity contribution is 5.76. The molecule has 1 unspecified atom stereocenters. The predicted octanol–water partition coefficient (Wildman–Crippen LogP) is 3.72. The Morgan fingerprint density at radius 2 is 2.04 bits per heavy atom. The number of hydrogen-bond donors (Lipinski definition) is 2. The molecule has 2 aliphatic rings. The van der Waals surface area contributed by atoms with Gasteiger partial charge >= 0.3 is 0 Å². The van der Waals surface area contributed by atoms with Gasteiger partial charge in [0.2, 0.25) is 5.95 Å². The van der Waals surface area contributed by atoms with Crippen molar-refractivity contribution < 1.29 is 23.4 Å². The number of aliphatic imine (C=N–C) groups is 1. The summed E-state index contributed by atoms with van der Waals surface area (Å²) in [5.41, 5.74) is 6.32. The molecule has 1 spiro atoms. The average molecular weight is 381 g/mol. The van der Waals surface area contributed by atoms with Gasteiger partial charge in [0.1, 0.15) is 18.1 Å². The summed E-state index contributed by atoms with van der Waals surface area (Å²) in [6, 6.07) is 9.07. The van der Waals surface area contributed by atoms with E-state index in [1.807, 2.05) is 0 Å². The molecular weight excluding hydrogens is 368 g/mol. The summed E-state index contributed by atoms with van der Waals surface area (Å²) < 4.78 is 39.8. The number of fused-ring (bicyclic) bond motifs is 4. The van der Waals surface area contributed by atoms with Crippen LogP contribution in [0.5, 0.6) is 17.2 Å². The van der Waals surface area contributed by atoms with Crippen LogP contribution in [0, 0.1) is 11.8 Å². The molecule has 8 heteroatoms. The van der Waals surface area contributed by atoms with Crippen molar-refractivity contribution in [3.05, 3.63) is 65.5 Å². The van der Waals surface area contributed by atoms with E-state index in [1.54, 1.807) is 30.3 Å². The molecule has 3 N–H and O–H groups in total. The Kier molecular flexibility index (Phi) is 3.33. The molecule has 0 saturated carbocycles. The fourth-order valence-corrected chi connectivity index (χ4v) is 3.71. The van der Waals surface area contributed by atoms with Gasteiger partial charge < -0.3 is 20.3 Å². The number of rotatable bonds is 1. The number of phenols is 1. The number of phenolic OH excluding ortho intramolecular Hbond substituents is 1. The van der Waals surface area contributed by atoms with Gasteiger partial charge in [0.05, 0.1) is 11.3 Å². The number of nitrogens with two attached hydrogens (primary N) is 1. The number of aromatic hydroxyl groups is 1. The van der Waals surface area contributed by atoms with Gasteiger partial charge in [0.25, 0.3) is 0 Å². The van der Waals surface area contributed by atoms with Gasteiger partial charge in [-0.05, 0) is 29.8 Å². The Labute approximate surface area is 157 Å². The molecule has 0 fully saturated rings. The zero-order valence-corrected chi connectivity index (χ0v) is 14.3. The first kappa shape index (κ1) is 16.5. The van der Waals surface area contributed by atoms with E-state index in [0.29, 0.717) is 22.4 Å². The minimum atomic E-state index is -1.22. The third-order valence-corrected chi connectivity index (χ3v) is 5.01. The molecule has 3 aromatic rings. The number of halogens is 2. The summed E-state index contributed by atoms with van der Waals surface area (Å²) in [6.45, 7) is 0.0302. The number of nitrogen functional groups attached to an aromatic ring is 1. The third kappa shape index (κ3) is 2.11. The third-order valence-electron chi connectivity index (χ3n) is 5.01. The van der Waals surface area contributed by atoms with Crippen LogP contribution >= 0.6 is 0 Å². The SMILES string of the molecule is Nc1c(O)cc(F)c2c1C1(COC=N1)c1cc(-c3cccnc3F)ccc1O2. The molecule has 0 amide bonds. The summed E-state index contributed by atoms with van der Waals surface area (Å²) in [5, 5.41) is 10.0. The molecule has 6 nitrogen and oxygen atoms in total. The Bertz CT molecular complexity index is 1170. The quantitative estimate of drug-likeness (QED) is 0.381. The molecular formula is C20H13F2N3O3. The molecule has 28 heavy (non-hydrogen) atoms. The predicted molar refractivity (Wildman–Crippen MR) is 97.4 cm³/mol. The lowest BCUT2D eigenvalue weighted by Crippen LogP contribution is -2.32. The maximum atomic E-state index is 14.5. The van der Waals surface area contributed by atoms with Gasteiger partial charge in [0.15, 0.2) is 23.5 Å². The van der Waals surface area contributed by atoms with Crippen molar-refractivity contribution >= 4 is 12.1 Å². The Balaban J connectivity index is 1.79. The number of hydrogen-bond acceptors (Lipinski definition) is 6. The molecule has 1 aromatic heterocycles. The monoisotopic (exact) mass is 381 g/mol. The molecule has 1 atom stereocenters. The zero-order chi connectivity index (χ0) is 19.5. The maximum Gasteiger partial charge on any atom is 0.220 e. The van der Waals surface area contributed by atoms with Crippen LogP contribution in [0.3, 0.4) is 0 Å². The largest absolute Gasteiger partial charge is 0.506 e. The van der Waals surface area contributed by atoms with Crippen molar-refractivity contribution in [1.82, 2.24) is 4.98 Å². The van der Waals surface area contributed by atoms with E-state index in [-0.39, 0.29) is 23.6 Å². The van der Waals surface area contributed by atoms with E-state index in [1.165, 1.54) is 12.6 Å². The second kappa shape index (κ2) is 5.66. The topological polar surface area (TPSA) is 90.0 Å². The molecule has 0 saturated heterocycles. The van der Waals surface area contributed by atoms with Crippen molar-refractivity contribution in [2.24, 2.45) is 4.99 Å². The molecule has 0 bridgehead atoms. The Morgan fingerprint density at radius 3 is 2.79 bits per heavy atom. The number of pyridine rings is 1. The van der Waals surface area contributed by atoms with Crippen LogP contribution < -0.4 is 10.5 Å². The van der Waals surface area contributed by atoms with Crippen LogP contribution in [0.15, 0.2) is 47.6 Å².